The van der Waals surface area contributed by atoms with Crippen LogP contribution in [0.3, 0.4) is 0 Å². The van der Waals surface area contributed by atoms with Crippen LogP contribution in [0, 0.1) is 23.2 Å². The number of hydrogen-bond donors (Lipinski definition) is 2. The molecule has 2 N–H and O–H groups in total. The van der Waals surface area contributed by atoms with Crippen LogP contribution >= 0.6 is 0 Å². The number of carbonyl (C=O) groups excluding carboxylic acids is 1. The van der Waals surface area contributed by atoms with Gasteiger partial charge >= 0.3 is 5.97 Å². The van der Waals surface area contributed by atoms with Crippen molar-refractivity contribution in [3.05, 3.63) is 0 Å². The van der Waals surface area contributed by atoms with E-state index in [0.29, 0.717) is 31.7 Å². The fourth-order valence-electron chi connectivity index (χ4n) is 3.83. The minimum Gasteiger partial charge on any atom is -0.481 e. The standard InChI is InChI=1S/C17H29NO4/c1-17(2,3)14-13(5-4-8-22-14)10-18-15(19)11-6-7-12(9-11)16(20)21/h11-14H,4-10H2,1-3H3,(H,18,19)(H,20,21)/t11-,12+,13?,14?/m1/s1. The largest absolute Gasteiger partial charge is 0.481 e. The number of aliphatic carboxylic acids is 1. The highest BCUT2D eigenvalue weighted by Crippen LogP contribution is 2.34. The lowest BCUT2D eigenvalue weighted by atomic mass is 9.78. The summed E-state index contributed by atoms with van der Waals surface area (Å²) in [4.78, 5) is 23.2. The number of ether oxygens (including phenoxy) is 1. The average molecular weight is 311 g/mol. The summed E-state index contributed by atoms with van der Waals surface area (Å²) in [7, 11) is 0. The van der Waals surface area contributed by atoms with Crippen molar-refractivity contribution in [1.29, 1.82) is 0 Å². The van der Waals surface area contributed by atoms with Crippen molar-refractivity contribution < 1.29 is 19.4 Å². The topological polar surface area (TPSA) is 75.6 Å². The lowest BCUT2D eigenvalue weighted by molar-refractivity contribution is -0.141. The minimum atomic E-state index is -0.774. The Bertz CT molecular complexity index is 415. The first-order chi connectivity index (χ1) is 10.3. The number of rotatable bonds is 4. The van der Waals surface area contributed by atoms with Crippen molar-refractivity contribution in [3.8, 4) is 0 Å². The molecule has 5 heteroatoms. The van der Waals surface area contributed by atoms with Crippen molar-refractivity contribution >= 4 is 11.9 Å². The van der Waals surface area contributed by atoms with Gasteiger partial charge in [0.05, 0.1) is 12.0 Å². The Kier molecular flexibility index (Phi) is 5.48. The van der Waals surface area contributed by atoms with Gasteiger partial charge in [-0.25, -0.2) is 0 Å². The van der Waals surface area contributed by atoms with E-state index in [1.165, 1.54) is 0 Å². The first-order valence-electron chi connectivity index (χ1n) is 8.41. The molecule has 0 radical (unpaired) electrons. The van der Waals surface area contributed by atoms with Crippen LogP contribution in [0.1, 0.15) is 52.9 Å². The van der Waals surface area contributed by atoms with E-state index >= 15 is 0 Å². The third-order valence-corrected chi connectivity index (χ3v) is 4.99. The Hall–Kier alpha value is -1.10. The summed E-state index contributed by atoms with van der Waals surface area (Å²) in [5, 5.41) is 12.1. The molecule has 2 fully saturated rings. The molecular weight excluding hydrogens is 282 g/mol. The van der Waals surface area contributed by atoms with Gasteiger partial charge in [-0.15, -0.1) is 0 Å². The Labute approximate surface area is 132 Å². The average Bonchev–Trinajstić information content (AvgIpc) is 2.94. The quantitative estimate of drug-likeness (QED) is 0.836. The van der Waals surface area contributed by atoms with Gasteiger partial charge in [0.1, 0.15) is 0 Å². The zero-order valence-electron chi connectivity index (χ0n) is 13.9. The molecule has 1 amide bonds. The summed E-state index contributed by atoms with van der Waals surface area (Å²) < 4.78 is 5.93. The summed E-state index contributed by atoms with van der Waals surface area (Å²) in [6, 6.07) is 0. The summed E-state index contributed by atoms with van der Waals surface area (Å²) in [6.07, 6.45) is 4.06. The van der Waals surface area contributed by atoms with E-state index in [0.717, 1.165) is 19.4 Å². The highest BCUT2D eigenvalue weighted by atomic mass is 16.5. The van der Waals surface area contributed by atoms with Gasteiger partial charge in [0.25, 0.3) is 0 Å². The monoisotopic (exact) mass is 311 g/mol. The maximum atomic E-state index is 12.3. The molecule has 2 unspecified atom stereocenters. The lowest BCUT2D eigenvalue weighted by Gasteiger charge is -2.40. The van der Waals surface area contributed by atoms with Gasteiger partial charge in [-0.05, 0) is 37.5 Å². The lowest BCUT2D eigenvalue weighted by Crippen LogP contribution is -2.46. The molecule has 0 aromatic rings. The summed E-state index contributed by atoms with van der Waals surface area (Å²) in [5.74, 6) is -0.907. The molecule has 2 aliphatic rings. The van der Waals surface area contributed by atoms with Gasteiger partial charge in [-0.2, -0.15) is 0 Å². The number of carboxylic acid groups (broad SMARTS) is 1. The molecule has 1 aliphatic carbocycles. The van der Waals surface area contributed by atoms with E-state index in [1.807, 2.05) is 0 Å². The van der Waals surface area contributed by atoms with Gasteiger partial charge < -0.3 is 15.2 Å². The third-order valence-electron chi connectivity index (χ3n) is 4.99. The maximum Gasteiger partial charge on any atom is 0.306 e. The predicted molar refractivity (Wildman–Crippen MR) is 83.4 cm³/mol. The molecule has 1 saturated carbocycles. The van der Waals surface area contributed by atoms with E-state index < -0.39 is 5.97 Å². The van der Waals surface area contributed by atoms with E-state index in [-0.39, 0.29) is 29.3 Å². The SMILES string of the molecule is CC(C)(C)C1OCCCC1CNC(=O)[C@@H]1CC[C@H](C(=O)O)C1. The Balaban J connectivity index is 1.84. The van der Waals surface area contributed by atoms with E-state index in [2.05, 4.69) is 26.1 Å². The van der Waals surface area contributed by atoms with Crippen LogP contribution in [0.2, 0.25) is 0 Å². The molecule has 4 atom stereocenters. The predicted octanol–water partition coefficient (Wildman–Crippen LogP) is 2.44. The van der Waals surface area contributed by atoms with E-state index in [1.54, 1.807) is 0 Å². The zero-order valence-corrected chi connectivity index (χ0v) is 13.9. The second-order valence-electron chi connectivity index (χ2n) is 7.85. The summed E-state index contributed by atoms with van der Waals surface area (Å²) in [6.45, 7) is 7.95. The molecule has 1 aliphatic heterocycles. The molecule has 5 nitrogen and oxygen atoms in total. The normalized spacial score (nSPS) is 32.7. The Morgan fingerprint density at radius 3 is 2.45 bits per heavy atom. The van der Waals surface area contributed by atoms with Gasteiger partial charge in [-0.1, -0.05) is 20.8 Å². The third kappa shape index (κ3) is 4.22. The molecule has 2 rings (SSSR count). The Morgan fingerprint density at radius 1 is 1.18 bits per heavy atom. The van der Waals surface area contributed by atoms with Gasteiger partial charge in [0.2, 0.25) is 5.91 Å². The highest BCUT2D eigenvalue weighted by molar-refractivity contribution is 5.80. The van der Waals surface area contributed by atoms with Gasteiger partial charge in [0, 0.05) is 25.0 Å². The Morgan fingerprint density at radius 2 is 1.86 bits per heavy atom. The minimum absolute atomic E-state index is 0.0157. The molecule has 126 valence electrons. The fourth-order valence-corrected chi connectivity index (χ4v) is 3.83. The smallest absolute Gasteiger partial charge is 0.306 e. The van der Waals surface area contributed by atoms with Crippen LogP contribution in [0.25, 0.3) is 0 Å². The van der Waals surface area contributed by atoms with Crippen LogP contribution in [0.4, 0.5) is 0 Å². The van der Waals surface area contributed by atoms with Crippen molar-refractivity contribution in [3.63, 3.8) is 0 Å². The molecule has 1 saturated heterocycles. The molecule has 0 spiro atoms. The first-order valence-corrected chi connectivity index (χ1v) is 8.41. The van der Waals surface area contributed by atoms with Gasteiger partial charge in [-0.3, -0.25) is 9.59 Å². The molecule has 0 bridgehead atoms. The summed E-state index contributed by atoms with van der Waals surface area (Å²) in [5.41, 5.74) is 0.0670. The summed E-state index contributed by atoms with van der Waals surface area (Å²) >= 11 is 0. The molecule has 0 aromatic carbocycles. The second-order valence-corrected chi connectivity index (χ2v) is 7.85. The van der Waals surface area contributed by atoms with Crippen molar-refractivity contribution in [2.75, 3.05) is 13.2 Å². The van der Waals surface area contributed by atoms with Crippen LogP contribution in [-0.2, 0) is 14.3 Å². The maximum absolute atomic E-state index is 12.3. The van der Waals surface area contributed by atoms with Crippen LogP contribution in [0.5, 0.6) is 0 Å². The van der Waals surface area contributed by atoms with Crippen molar-refractivity contribution in [2.45, 2.75) is 59.0 Å². The zero-order chi connectivity index (χ0) is 16.3. The number of carboxylic acids is 1. The highest BCUT2D eigenvalue weighted by Gasteiger charge is 2.37. The van der Waals surface area contributed by atoms with Crippen LogP contribution < -0.4 is 5.32 Å². The van der Waals surface area contributed by atoms with Crippen molar-refractivity contribution in [2.24, 2.45) is 23.2 Å². The second kappa shape index (κ2) is 6.99. The fraction of sp³-hybridized carbons (Fsp3) is 0.882. The number of hydrogen-bond acceptors (Lipinski definition) is 3. The van der Waals surface area contributed by atoms with E-state index in [9.17, 15) is 9.59 Å². The number of carbonyl (C=O) groups is 2. The molecule has 22 heavy (non-hydrogen) atoms. The number of nitrogens with one attached hydrogen (secondary N) is 1. The van der Waals surface area contributed by atoms with Crippen LogP contribution in [-0.4, -0.2) is 36.2 Å². The number of amides is 1. The first kappa shape index (κ1) is 17.3. The van der Waals surface area contributed by atoms with E-state index in [4.69, 9.17) is 9.84 Å². The molecule has 1 heterocycles. The van der Waals surface area contributed by atoms with Crippen molar-refractivity contribution in [1.82, 2.24) is 5.32 Å². The van der Waals surface area contributed by atoms with Crippen LogP contribution in [0.15, 0.2) is 0 Å². The van der Waals surface area contributed by atoms with Gasteiger partial charge in [0.15, 0.2) is 0 Å². The molecular formula is C17H29NO4. The molecule has 0 aromatic heterocycles.